The van der Waals surface area contributed by atoms with E-state index in [1.165, 1.54) is 43.8 Å². The molecule has 5 heteroatoms. The van der Waals surface area contributed by atoms with Gasteiger partial charge in [0.2, 0.25) is 0 Å². The van der Waals surface area contributed by atoms with E-state index < -0.39 is 0 Å². The van der Waals surface area contributed by atoms with Crippen LogP contribution in [0.5, 0.6) is 0 Å². The minimum absolute atomic E-state index is 0.590. The third-order valence-electron chi connectivity index (χ3n) is 3.70. The Morgan fingerprint density at radius 1 is 1.20 bits per heavy atom. The Labute approximate surface area is 98.8 Å². The zero-order chi connectivity index (χ0) is 10.3. The average molecular weight is 244 g/mol. The van der Waals surface area contributed by atoms with Crippen molar-refractivity contribution in [2.45, 2.75) is 38.1 Å². The van der Waals surface area contributed by atoms with Crippen molar-refractivity contribution >= 4 is 29.1 Å². The van der Waals surface area contributed by atoms with E-state index in [-0.39, 0.29) is 0 Å². The molecule has 0 amide bonds. The first kappa shape index (κ1) is 9.85. The van der Waals surface area contributed by atoms with Gasteiger partial charge < -0.3 is 4.90 Å². The maximum Gasteiger partial charge on any atom is 0.187 e. The molecule has 0 bridgehead atoms. The molecule has 1 saturated heterocycles. The van der Waals surface area contributed by atoms with Gasteiger partial charge in [0, 0.05) is 12.6 Å². The molecular weight excluding hydrogens is 230 g/mol. The summed E-state index contributed by atoms with van der Waals surface area (Å²) in [5.74, 6) is 1.80. The summed E-state index contributed by atoms with van der Waals surface area (Å²) in [5, 5.41) is 0.590. The highest BCUT2D eigenvalue weighted by molar-refractivity contribution is 6.99. The normalized spacial score (nSPS) is 30.6. The Hall–Kier alpha value is -0.350. The first-order chi connectivity index (χ1) is 7.36. The van der Waals surface area contributed by atoms with Crippen LogP contribution >= 0.6 is 23.3 Å². The van der Waals surface area contributed by atoms with Gasteiger partial charge in [-0.25, -0.2) is 0 Å². The predicted molar refractivity (Wildman–Crippen MR) is 62.6 cm³/mol. The maximum absolute atomic E-state index is 6.06. The maximum atomic E-state index is 6.06. The van der Waals surface area contributed by atoms with Crippen LogP contribution in [0, 0.1) is 5.92 Å². The van der Waals surface area contributed by atoms with Gasteiger partial charge in [-0.05, 0) is 31.6 Å². The lowest BCUT2D eigenvalue weighted by Crippen LogP contribution is -2.42. The summed E-state index contributed by atoms with van der Waals surface area (Å²) in [6.45, 7) is 1.10. The molecule has 2 fully saturated rings. The van der Waals surface area contributed by atoms with E-state index in [1.54, 1.807) is 0 Å². The van der Waals surface area contributed by atoms with Crippen LogP contribution in [0.2, 0.25) is 5.15 Å². The number of fused-ring (bicyclic) bond motifs is 1. The zero-order valence-electron chi connectivity index (χ0n) is 8.53. The average Bonchev–Trinajstić information content (AvgIpc) is 2.85. The molecule has 2 atom stereocenters. The molecule has 2 heterocycles. The fourth-order valence-corrected chi connectivity index (χ4v) is 3.82. The van der Waals surface area contributed by atoms with E-state index in [0.29, 0.717) is 11.2 Å². The Balaban J connectivity index is 1.88. The van der Waals surface area contributed by atoms with Crippen LogP contribution in [0.15, 0.2) is 0 Å². The molecule has 82 valence electrons. The van der Waals surface area contributed by atoms with Crippen LogP contribution < -0.4 is 4.90 Å². The monoisotopic (exact) mass is 243 g/mol. The van der Waals surface area contributed by atoms with Crippen LogP contribution in [0.25, 0.3) is 0 Å². The molecule has 1 aliphatic heterocycles. The molecule has 3 nitrogen and oxygen atoms in total. The van der Waals surface area contributed by atoms with Crippen molar-refractivity contribution in [3.05, 3.63) is 5.15 Å². The Bertz CT molecular complexity index is 354. The molecule has 1 saturated carbocycles. The number of aromatic nitrogens is 2. The van der Waals surface area contributed by atoms with E-state index >= 15 is 0 Å². The molecular formula is C10H14ClN3S. The highest BCUT2D eigenvalue weighted by Crippen LogP contribution is 2.40. The zero-order valence-corrected chi connectivity index (χ0v) is 10.1. The fraction of sp³-hybridized carbons (Fsp3) is 0.800. The minimum atomic E-state index is 0.590. The summed E-state index contributed by atoms with van der Waals surface area (Å²) in [5.41, 5.74) is 0. The van der Waals surface area contributed by atoms with Crippen molar-refractivity contribution in [3.63, 3.8) is 0 Å². The predicted octanol–water partition coefficient (Wildman–Crippen LogP) is 2.96. The highest BCUT2D eigenvalue weighted by atomic mass is 35.5. The van der Waals surface area contributed by atoms with Crippen molar-refractivity contribution in [1.29, 1.82) is 0 Å². The van der Waals surface area contributed by atoms with Crippen molar-refractivity contribution in [2.24, 2.45) is 5.92 Å². The second kappa shape index (κ2) is 3.91. The molecule has 0 spiro atoms. The van der Waals surface area contributed by atoms with E-state index in [4.69, 9.17) is 11.6 Å². The Morgan fingerprint density at radius 2 is 2.07 bits per heavy atom. The third kappa shape index (κ3) is 1.64. The van der Waals surface area contributed by atoms with Gasteiger partial charge in [-0.2, -0.15) is 8.75 Å². The largest absolute Gasteiger partial charge is 0.350 e. The smallest absolute Gasteiger partial charge is 0.187 e. The lowest BCUT2D eigenvalue weighted by atomic mass is 9.92. The number of halogens is 1. The van der Waals surface area contributed by atoms with E-state index in [9.17, 15) is 0 Å². The summed E-state index contributed by atoms with van der Waals surface area (Å²) in [4.78, 5) is 2.40. The molecule has 3 rings (SSSR count). The SMILES string of the molecule is Clc1nsnc1N1CCCC2CCCC21. The minimum Gasteiger partial charge on any atom is -0.350 e. The van der Waals surface area contributed by atoms with Gasteiger partial charge in [-0.15, -0.1) is 0 Å². The molecule has 0 aromatic carbocycles. The van der Waals surface area contributed by atoms with Gasteiger partial charge in [-0.1, -0.05) is 18.0 Å². The number of hydrogen-bond donors (Lipinski definition) is 0. The van der Waals surface area contributed by atoms with Crippen LogP contribution in [-0.2, 0) is 0 Å². The van der Waals surface area contributed by atoms with Crippen LogP contribution in [0.3, 0.4) is 0 Å². The van der Waals surface area contributed by atoms with E-state index in [0.717, 1.165) is 18.3 Å². The summed E-state index contributed by atoms with van der Waals surface area (Å²) < 4.78 is 8.38. The molecule has 0 radical (unpaired) electrons. The van der Waals surface area contributed by atoms with Gasteiger partial charge in [-0.3, -0.25) is 0 Å². The van der Waals surface area contributed by atoms with Gasteiger partial charge in [0.1, 0.15) is 0 Å². The summed E-state index contributed by atoms with van der Waals surface area (Å²) >= 11 is 7.28. The Kier molecular flexibility index (Phi) is 2.56. The summed E-state index contributed by atoms with van der Waals surface area (Å²) in [6.07, 6.45) is 6.71. The number of rotatable bonds is 1. The second-order valence-corrected chi connectivity index (χ2v) is 5.36. The molecule has 1 aromatic heterocycles. The lowest BCUT2D eigenvalue weighted by molar-refractivity contribution is 0.361. The second-order valence-electron chi connectivity index (χ2n) is 4.47. The standard InChI is InChI=1S/C10H14ClN3S/c11-9-10(13-15-12-9)14-6-2-4-7-3-1-5-8(7)14/h7-8H,1-6H2. The van der Waals surface area contributed by atoms with E-state index in [2.05, 4.69) is 13.6 Å². The van der Waals surface area contributed by atoms with Crippen LogP contribution in [0.1, 0.15) is 32.1 Å². The van der Waals surface area contributed by atoms with Crippen molar-refractivity contribution in [1.82, 2.24) is 8.75 Å². The number of piperidine rings is 1. The first-order valence-corrected chi connectivity index (χ1v) is 6.72. The molecule has 2 aliphatic rings. The van der Waals surface area contributed by atoms with Gasteiger partial charge in [0.15, 0.2) is 11.0 Å². The summed E-state index contributed by atoms with van der Waals surface area (Å²) in [6, 6.07) is 0.681. The molecule has 2 unspecified atom stereocenters. The van der Waals surface area contributed by atoms with Gasteiger partial charge in [0.05, 0.1) is 11.7 Å². The summed E-state index contributed by atoms with van der Waals surface area (Å²) in [7, 11) is 0. The molecule has 15 heavy (non-hydrogen) atoms. The highest BCUT2D eigenvalue weighted by Gasteiger charge is 2.36. The first-order valence-electron chi connectivity index (χ1n) is 5.61. The topological polar surface area (TPSA) is 29.0 Å². The number of nitrogens with zero attached hydrogens (tertiary/aromatic N) is 3. The quantitative estimate of drug-likeness (QED) is 0.760. The lowest BCUT2D eigenvalue weighted by Gasteiger charge is -2.37. The van der Waals surface area contributed by atoms with Crippen LogP contribution in [-0.4, -0.2) is 21.3 Å². The number of hydrogen-bond acceptors (Lipinski definition) is 4. The third-order valence-corrected chi connectivity index (χ3v) is 4.57. The van der Waals surface area contributed by atoms with Crippen LogP contribution in [0.4, 0.5) is 5.82 Å². The fourth-order valence-electron chi connectivity index (χ4n) is 3.06. The van der Waals surface area contributed by atoms with Crippen molar-refractivity contribution in [2.75, 3.05) is 11.4 Å². The number of anilines is 1. The molecule has 0 N–H and O–H groups in total. The van der Waals surface area contributed by atoms with Gasteiger partial charge in [0.25, 0.3) is 0 Å². The van der Waals surface area contributed by atoms with Crippen molar-refractivity contribution in [3.8, 4) is 0 Å². The van der Waals surface area contributed by atoms with E-state index in [1.807, 2.05) is 0 Å². The Morgan fingerprint density at radius 3 is 2.87 bits per heavy atom. The van der Waals surface area contributed by atoms with Crippen molar-refractivity contribution < 1.29 is 0 Å². The van der Waals surface area contributed by atoms with Gasteiger partial charge >= 0.3 is 0 Å². The molecule has 1 aromatic rings. The molecule has 1 aliphatic carbocycles.